The van der Waals surface area contributed by atoms with Gasteiger partial charge in [0.25, 0.3) is 0 Å². The summed E-state index contributed by atoms with van der Waals surface area (Å²) in [6.45, 7) is 8.97. The molecule has 1 N–H and O–H groups in total. The van der Waals surface area contributed by atoms with Crippen LogP contribution in [-0.2, 0) is 13.1 Å². The first kappa shape index (κ1) is 14.1. The standard InChI is InChI=1S/C17H23N3O/c1-17(2,3)18-10-14-8-9-19-20(14)11-13-12-21-16-7-5-4-6-15(13)16/h4-9,13,18H,10-12H2,1-3H3. The van der Waals surface area contributed by atoms with Crippen LogP contribution >= 0.6 is 0 Å². The average Bonchev–Trinajstić information content (AvgIpc) is 3.04. The highest BCUT2D eigenvalue weighted by Gasteiger charge is 2.24. The molecule has 2 heterocycles. The van der Waals surface area contributed by atoms with Gasteiger partial charge < -0.3 is 10.1 Å². The van der Waals surface area contributed by atoms with Gasteiger partial charge in [0.2, 0.25) is 0 Å². The molecule has 2 aromatic rings. The summed E-state index contributed by atoms with van der Waals surface area (Å²) in [5, 5.41) is 7.99. The predicted octanol–water partition coefficient (Wildman–Crippen LogP) is 2.95. The molecule has 1 unspecified atom stereocenters. The second-order valence-corrected chi connectivity index (χ2v) is 6.65. The van der Waals surface area contributed by atoms with E-state index in [4.69, 9.17) is 4.74 Å². The fraction of sp³-hybridized carbons (Fsp3) is 0.471. The quantitative estimate of drug-likeness (QED) is 0.938. The third-order valence-corrected chi connectivity index (χ3v) is 3.80. The van der Waals surface area contributed by atoms with E-state index in [1.54, 1.807) is 0 Å². The number of para-hydroxylation sites is 1. The summed E-state index contributed by atoms with van der Waals surface area (Å²) in [5.74, 6) is 1.40. The Morgan fingerprint density at radius 1 is 1.29 bits per heavy atom. The SMILES string of the molecule is CC(C)(C)NCc1ccnn1CC1COc2ccccc21. The Morgan fingerprint density at radius 2 is 2.10 bits per heavy atom. The van der Waals surface area contributed by atoms with Gasteiger partial charge >= 0.3 is 0 Å². The molecule has 1 aliphatic rings. The van der Waals surface area contributed by atoms with Crippen LogP contribution in [0.5, 0.6) is 5.75 Å². The van der Waals surface area contributed by atoms with Crippen molar-refractivity contribution in [1.29, 1.82) is 0 Å². The molecule has 0 radical (unpaired) electrons. The van der Waals surface area contributed by atoms with Crippen molar-refractivity contribution in [3.8, 4) is 5.75 Å². The molecule has 1 aromatic heterocycles. The number of nitrogens with zero attached hydrogens (tertiary/aromatic N) is 2. The Labute approximate surface area is 126 Å². The molecule has 21 heavy (non-hydrogen) atoms. The highest BCUT2D eigenvalue weighted by molar-refractivity contribution is 5.39. The van der Waals surface area contributed by atoms with Gasteiger partial charge in [0.15, 0.2) is 0 Å². The van der Waals surface area contributed by atoms with E-state index in [9.17, 15) is 0 Å². The summed E-state index contributed by atoms with van der Waals surface area (Å²) in [7, 11) is 0. The van der Waals surface area contributed by atoms with E-state index in [1.807, 2.05) is 18.3 Å². The second-order valence-electron chi connectivity index (χ2n) is 6.65. The topological polar surface area (TPSA) is 39.1 Å². The Kier molecular flexibility index (Phi) is 3.72. The second kappa shape index (κ2) is 5.53. The van der Waals surface area contributed by atoms with Crippen LogP contribution in [-0.4, -0.2) is 21.9 Å². The van der Waals surface area contributed by atoms with E-state index >= 15 is 0 Å². The zero-order chi connectivity index (χ0) is 14.9. The highest BCUT2D eigenvalue weighted by atomic mass is 16.5. The van der Waals surface area contributed by atoms with Gasteiger partial charge in [-0.1, -0.05) is 18.2 Å². The normalized spacial score (nSPS) is 17.6. The van der Waals surface area contributed by atoms with Crippen molar-refractivity contribution in [1.82, 2.24) is 15.1 Å². The van der Waals surface area contributed by atoms with Crippen LogP contribution in [0.2, 0.25) is 0 Å². The number of aromatic nitrogens is 2. The number of hydrogen-bond acceptors (Lipinski definition) is 3. The minimum Gasteiger partial charge on any atom is -0.493 e. The van der Waals surface area contributed by atoms with Crippen LogP contribution < -0.4 is 10.1 Å². The van der Waals surface area contributed by atoms with Gasteiger partial charge in [-0.2, -0.15) is 5.10 Å². The third-order valence-electron chi connectivity index (χ3n) is 3.80. The summed E-state index contributed by atoms with van der Waals surface area (Å²) < 4.78 is 7.85. The first-order valence-electron chi connectivity index (χ1n) is 7.50. The van der Waals surface area contributed by atoms with Crippen LogP contribution in [0.15, 0.2) is 36.5 Å². The smallest absolute Gasteiger partial charge is 0.122 e. The lowest BCUT2D eigenvalue weighted by Crippen LogP contribution is -2.35. The van der Waals surface area contributed by atoms with Crippen molar-refractivity contribution in [3.63, 3.8) is 0 Å². The van der Waals surface area contributed by atoms with Gasteiger partial charge in [0.1, 0.15) is 5.75 Å². The van der Waals surface area contributed by atoms with Gasteiger partial charge in [-0.15, -0.1) is 0 Å². The zero-order valence-corrected chi connectivity index (χ0v) is 13.0. The number of hydrogen-bond donors (Lipinski definition) is 1. The molecule has 4 heteroatoms. The van der Waals surface area contributed by atoms with Crippen molar-refractivity contribution in [3.05, 3.63) is 47.8 Å². The maximum absolute atomic E-state index is 5.76. The molecular formula is C17H23N3O. The molecule has 0 spiro atoms. The van der Waals surface area contributed by atoms with E-state index in [2.05, 4.69) is 54.1 Å². The van der Waals surface area contributed by atoms with Crippen molar-refractivity contribution < 1.29 is 4.74 Å². The molecule has 1 atom stereocenters. The summed E-state index contributed by atoms with van der Waals surface area (Å²) in [6, 6.07) is 10.4. The monoisotopic (exact) mass is 285 g/mol. The van der Waals surface area contributed by atoms with E-state index in [0.29, 0.717) is 5.92 Å². The van der Waals surface area contributed by atoms with E-state index in [0.717, 1.165) is 25.4 Å². The molecule has 0 saturated heterocycles. The van der Waals surface area contributed by atoms with Gasteiger partial charge in [0, 0.05) is 29.8 Å². The van der Waals surface area contributed by atoms with Crippen LogP contribution in [0, 0.1) is 0 Å². The maximum Gasteiger partial charge on any atom is 0.122 e. The third kappa shape index (κ3) is 3.27. The molecule has 0 fully saturated rings. The lowest BCUT2D eigenvalue weighted by molar-refractivity contribution is 0.312. The first-order valence-corrected chi connectivity index (χ1v) is 7.50. The Hall–Kier alpha value is -1.81. The number of fused-ring (bicyclic) bond motifs is 1. The average molecular weight is 285 g/mol. The van der Waals surface area contributed by atoms with Gasteiger partial charge in [-0.25, -0.2) is 0 Å². The highest BCUT2D eigenvalue weighted by Crippen LogP contribution is 2.34. The fourth-order valence-corrected chi connectivity index (χ4v) is 2.62. The lowest BCUT2D eigenvalue weighted by atomic mass is 10.0. The minimum atomic E-state index is 0.109. The van der Waals surface area contributed by atoms with Gasteiger partial charge in [-0.3, -0.25) is 4.68 Å². The van der Waals surface area contributed by atoms with Crippen LogP contribution in [0.1, 0.15) is 37.9 Å². The fourth-order valence-electron chi connectivity index (χ4n) is 2.62. The minimum absolute atomic E-state index is 0.109. The largest absolute Gasteiger partial charge is 0.493 e. The van der Waals surface area contributed by atoms with Crippen LogP contribution in [0.25, 0.3) is 0 Å². The summed E-state index contributed by atoms with van der Waals surface area (Å²) in [5.41, 5.74) is 2.62. The molecule has 0 saturated carbocycles. The Bertz CT molecular complexity index is 612. The molecule has 3 rings (SSSR count). The van der Waals surface area contributed by atoms with Crippen molar-refractivity contribution in [2.75, 3.05) is 6.61 Å². The summed E-state index contributed by atoms with van der Waals surface area (Å²) in [4.78, 5) is 0. The van der Waals surface area contributed by atoms with Crippen molar-refractivity contribution >= 4 is 0 Å². The zero-order valence-electron chi connectivity index (χ0n) is 13.0. The number of rotatable bonds is 4. The molecule has 112 valence electrons. The number of benzene rings is 1. The number of ether oxygens (including phenoxy) is 1. The Balaban J connectivity index is 1.71. The van der Waals surface area contributed by atoms with E-state index < -0.39 is 0 Å². The van der Waals surface area contributed by atoms with E-state index in [1.165, 1.54) is 11.3 Å². The van der Waals surface area contributed by atoms with Gasteiger partial charge in [0.05, 0.1) is 18.8 Å². The van der Waals surface area contributed by atoms with Crippen molar-refractivity contribution in [2.45, 2.75) is 45.3 Å². The van der Waals surface area contributed by atoms with Crippen LogP contribution in [0.4, 0.5) is 0 Å². The summed E-state index contributed by atoms with van der Waals surface area (Å²) in [6.07, 6.45) is 1.88. The number of nitrogens with one attached hydrogen (secondary N) is 1. The lowest BCUT2D eigenvalue weighted by Gasteiger charge is -2.21. The molecule has 1 aliphatic heterocycles. The van der Waals surface area contributed by atoms with E-state index in [-0.39, 0.29) is 5.54 Å². The molecule has 1 aromatic carbocycles. The first-order chi connectivity index (χ1) is 10.0. The maximum atomic E-state index is 5.76. The Morgan fingerprint density at radius 3 is 2.90 bits per heavy atom. The molecule has 0 aliphatic carbocycles. The molecule has 4 nitrogen and oxygen atoms in total. The van der Waals surface area contributed by atoms with Gasteiger partial charge in [-0.05, 0) is 32.9 Å². The van der Waals surface area contributed by atoms with Crippen LogP contribution in [0.3, 0.4) is 0 Å². The summed E-state index contributed by atoms with van der Waals surface area (Å²) >= 11 is 0. The van der Waals surface area contributed by atoms with Crippen molar-refractivity contribution in [2.24, 2.45) is 0 Å². The predicted molar refractivity (Wildman–Crippen MR) is 83.5 cm³/mol. The molecule has 0 bridgehead atoms. The molecular weight excluding hydrogens is 262 g/mol. The molecule has 0 amide bonds.